The lowest BCUT2D eigenvalue weighted by molar-refractivity contribution is 0.0847. The molecule has 1 aromatic heterocycles. The Morgan fingerprint density at radius 2 is 1.96 bits per heavy atom. The van der Waals surface area contributed by atoms with Crippen molar-refractivity contribution in [2.24, 2.45) is 5.92 Å². The molecule has 2 aromatic rings. The van der Waals surface area contributed by atoms with Crippen molar-refractivity contribution in [3.63, 3.8) is 0 Å². The molecular weight excluding hydrogens is 312 g/mol. The van der Waals surface area contributed by atoms with E-state index < -0.39 is 0 Å². The third-order valence-electron chi connectivity index (χ3n) is 4.36. The van der Waals surface area contributed by atoms with Gasteiger partial charge < -0.3 is 9.42 Å². The molecule has 1 unspecified atom stereocenters. The van der Waals surface area contributed by atoms with Gasteiger partial charge in [0.25, 0.3) is 0 Å². The zero-order valence-electron chi connectivity index (χ0n) is 13.4. The average molecular weight is 335 g/mol. The molecule has 124 valence electrons. The number of likely N-dealkylation sites (tertiary alicyclic amines) is 1. The molecule has 0 spiro atoms. The number of hydrogen-bond donors (Lipinski definition) is 0. The molecule has 4 nitrogen and oxygen atoms in total. The van der Waals surface area contributed by atoms with E-state index in [9.17, 15) is 4.79 Å². The summed E-state index contributed by atoms with van der Waals surface area (Å²) in [6.45, 7) is 5.11. The first-order chi connectivity index (χ1) is 10.8. The van der Waals surface area contributed by atoms with Crippen LogP contribution in [0.3, 0.4) is 0 Å². The first-order valence-electron chi connectivity index (χ1n) is 8.06. The monoisotopic (exact) mass is 334 g/mol. The highest BCUT2D eigenvalue weighted by molar-refractivity contribution is 5.96. The van der Waals surface area contributed by atoms with Crippen LogP contribution in [0.5, 0.6) is 0 Å². The molecule has 1 atom stereocenters. The normalized spacial score (nSPS) is 16.0. The molecular formula is C18H23ClN2O2. The quantitative estimate of drug-likeness (QED) is 0.747. The molecule has 1 aliphatic heterocycles. The number of aromatic nitrogens is 1. The molecule has 1 saturated heterocycles. The van der Waals surface area contributed by atoms with Gasteiger partial charge in [-0.15, -0.1) is 12.4 Å². The van der Waals surface area contributed by atoms with Crippen LogP contribution in [0.4, 0.5) is 0 Å². The number of carbonyl (C=O) groups is 1. The Labute approximate surface area is 143 Å². The first-order valence-corrected chi connectivity index (χ1v) is 8.06. The molecule has 0 bridgehead atoms. The van der Waals surface area contributed by atoms with Gasteiger partial charge in [-0.1, -0.05) is 42.4 Å². The van der Waals surface area contributed by atoms with Gasteiger partial charge in [-0.25, -0.2) is 0 Å². The first kappa shape index (κ1) is 17.7. The summed E-state index contributed by atoms with van der Waals surface area (Å²) in [4.78, 5) is 15.0. The second kappa shape index (κ2) is 8.27. The smallest absolute Gasteiger partial charge is 0.205 e. The van der Waals surface area contributed by atoms with Crippen molar-refractivity contribution < 1.29 is 9.32 Å². The van der Waals surface area contributed by atoms with E-state index in [4.69, 9.17) is 4.52 Å². The Hall–Kier alpha value is -1.65. The lowest BCUT2D eigenvalue weighted by atomic mass is 9.98. The van der Waals surface area contributed by atoms with E-state index in [-0.39, 0.29) is 24.1 Å². The number of nitrogens with zero attached hydrogens (tertiary/aromatic N) is 2. The second-order valence-electron chi connectivity index (χ2n) is 5.92. The van der Waals surface area contributed by atoms with Crippen LogP contribution in [0.2, 0.25) is 0 Å². The van der Waals surface area contributed by atoms with Gasteiger partial charge >= 0.3 is 0 Å². The van der Waals surface area contributed by atoms with Gasteiger partial charge in [0.15, 0.2) is 0 Å². The van der Waals surface area contributed by atoms with Crippen LogP contribution in [0.15, 0.2) is 40.9 Å². The second-order valence-corrected chi connectivity index (χ2v) is 5.92. The predicted octanol–water partition coefficient (Wildman–Crippen LogP) is 4.07. The summed E-state index contributed by atoms with van der Waals surface area (Å²) in [6, 6.07) is 11.6. The van der Waals surface area contributed by atoms with Crippen LogP contribution in [0.1, 0.15) is 36.7 Å². The molecule has 23 heavy (non-hydrogen) atoms. The highest BCUT2D eigenvalue weighted by Gasteiger charge is 2.26. The van der Waals surface area contributed by atoms with Gasteiger partial charge in [0.2, 0.25) is 11.5 Å². The van der Waals surface area contributed by atoms with Crippen LogP contribution in [0, 0.1) is 5.92 Å². The van der Waals surface area contributed by atoms with Gasteiger partial charge in [-0.05, 0) is 32.4 Å². The molecule has 0 radical (unpaired) electrons. The zero-order valence-corrected chi connectivity index (χ0v) is 14.2. The van der Waals surface area contributed by atoms with Crippen molar-refractivity contribution in [1.29, 1.82) is 0 Å². The fraction of sp³-hybridized carbons (Fsp3) is 0.444. The number of halogens is 1. The van der Waals surface area contributed by atoms with Crippen molar-refractivity contribution in [1.82, 2.24) is 10.1 Å². The summed E-state index contributed by atoms with van der Waals surface area (Å²) in [7, 11) is 0. The number of ketones is 1. The molecule has 5 heteroatoms. The third-order valence-corrected chi connectivity index (χ3v) is 4.36. The molecule has 0 saturated carbocycles. The molecule has 0 N–H and O–H groups in total. The van der Waals surface area contributed by atoms with Crippen molar-refractivity contribution in [2.45, 2.75) is 26.2 Å². The fourth-order valence-electron chi connectivity index (χ4n) is 3.01. The number of benzene rings is 1. The van der Waals surface area contributed by atoms with Crippen molar-refractivity contribution >= 4 is 18.2 Å². The summed E-state index contributed by atoms with van der Waals surface area (Å²) in [5, 5.41) is 4.05. The van der Waals surface area contributed by atoms with Crippen LogP contribution in [-0.4, -0.2) is 35.5 Å². The maximum absolute atomic E-state index is 12.6. The van der Waals surface area contributed by atoms with Gasteiger partial charge in [-0.2, -0.15) is 0 Å². The van der Waals surface area contributed by atoms with Crippen LogP contribution < -0.4 is 0 Å². The molecule has 0 amide bonds. The number of Topliss-reactive ketones (excluding diaryl/α,β-unsaturated/α-hetero) is 1. The number of carbonyl (C=O) groups excluding carboxylic acids is 1. The Bertz CT molecular complexity index is 621. The lowest BCUT2D eigenvalue weighted by Crippen LogP contribution is -2.30. The van der Waals surface area contributed by atoms with E-state index in [1.807, 2.05) is 30.3 Å². The number of hydrogen-bond acceptors (Lipinski definition) is 4. The minimum absolute atomic E-state index is 0. The third kappa shape index (κ3) is 4.21. The van der Waals surface area contributed by atoms with Gasteiger partial charge in [0.05, 0.1) is 0 Å². The van der Waals surface area contributed by atoms with Crippen LogP contribution >= 0.6 is 12.4 Å². The van der Waals surface area contributed by atoms with E-state index in [0.29, 0.717) is 5.76 Å². The lowest BCUT2D eigenvalue weighted by Gasteiger charge is -2.20. The van der Waals surface area contributed by atoms with Crippen LogP contribution in [0.25, 0.3) is 11.3 Å². The maximum Gasteiger partial charge on any atom is 0.205 e. The average Bonchev–Trinajstić information content (AvgIpc) is 3.24. The van der Waals surface area contributed by atoms with Gasteiger partial charge in [0.1, 0.15) is 5.69 Å². The topological polar surface area (TPSA) is 46.3 Å². The highest BCUT2D eigenvalue weighted by Crippen LogP contribution is 2.22. The molecule has 0 aliphatic carbocycles. The van der Waals surface area contributed by atoms with E-state index in [1.165, 1.54) is 12.8 Å². The Morgan fingerprint density at radius 1 is 1.26 bits per heavy atom. The Balaban J connectivity index is 0.00000192. The number of rotatable bonds is 6. The Morgan fingerprint density at radius 3 is 2.61 bits per heavy atom. The Kier molecular flexibility index (Phi) is 6.37. The maximum atomic E-state index is 12.6. The van der Waals surface area contributed by atoms with Crippen molar-refractivity contribution in [3.8, 4) is 11.3 Å². The molecule has 1 fully saturated rings. The summed E-state index contributed by atoms with van der Waals surface area (Å²) >= 11 is 0. The minimum atomic E-state index is -0.00493. The summed E-state index contributed by atoms with van der Waals surface area (Å²) in [5.74, 6) is 0.448. The molecule has 1 aliphatic rings. The standard InChI is InChI=1S/C18H22N2O2.ClH/c1-2-14(13-20-10-6-7-11-20)18(21)17-12-16(19-22-17)15-8-4-3-5-9-15;/h3-5,8-9,12,14H,2,6-7,10-11,13H2,1H3;1H. The molecule has 1 aromatic carbocycles. The molecule has 3 rings (SSSR count). The van der Waals surface area contributed by atoms with Crippen molar-refractivity contribution in [2.75, 3.05) is 19.6 Å². The van der Waals surface area contributed by atoms with Crippen molar-refractivity contribution in [3.05, 3.63) is 42.2 Å². The van der Waals surface area contributed by atoms with E-state index in [2.05, 4.69) is 17.0 Å². The van der Waals surface area contributed by atoms with Gasteiger partial charge in [0, 0.05) is 24.1 Å². The SMILES string of the molecule is CCC(CN1CCCC1)C(=O)c1cc(-c2ccccc2)no1.Cl. The minimum Gasteiger partial charge on any atom is -0.352 e. The zero-order chi connectivity index (χ0) is 15.4. The van der Waals surface area contributed by atoms with E-state index in [1.54, 1.807) is 6.07 Å². The van der Waals surface area contributed by atoms with Gasteiger partial charge in [-0.3, -0.25) is 4.79 Å². The molecule has 2 heterocycles. The summed E-state index contributed by atoms with van der Waals surface area (Å²) < 4.78 is 5.31. The van der Waals surface area contributed by atoms with Crippen LogP contribution in [-0.2, 0) is 0 Å². The van der Waals surface area contributed by atoms with E-state index >= 15 is 0 Å². The highest BCUT2D eigenvalue weighted by atomic mass is 35.5. The summed E-state index contributed by atoms with van der Waals surface area (Å²) in [5.41, 5.74) is 1.69. The fourth-order valence-corrected chi connectivity index (χ4v) is 3.01. The largest absolute Gasteiger partial charge is 0.352 e. The predicted molar refractivity (Wildman–Crippen MR) is 93.0 cm³/mol. The summed E-state index contributed by atoms with van der Waals surface area (Å²) in [6.07, 6.45) is 3.31. The van der Waals surface area contributed by atoms with E-state index in [0.717, 1.165) is 37.3 Å².